The highest BCUT2D eigenvalue weighted by atomic mass is 32.2. The highest BCUT2D eigenvalue weighted by Gasteiger charge is 2.32. The average Bonchev–Trinajstić information content (AvgIpc) is 2.48. The molecule has 0 radical (unpaired) electrons. The third-order valence-corrected chi connectivity index (χ3v) is 5.13. The van der Waals surface area contributed by atoms with Gasteiger partial charge in [-0.15, -0.1) is 0 Å². The third-order valence-electron chi connectivity index (χ3n) is 3.17. The number of benzene rings is 2. The number of rotatable bonds is 5. The van der Waals surface area contributed by atoms with Crippen LogP contribution in [0.2, 0.25) is 0 Å². The zero-order chi connectivity index (χ0) is 16.2. The van der Waals surface area contributed by atoms with Crippen molar-refractivity contribution in [1.29, 1.82) is 5.26 Å². The van der Waals surface area contributed by atoms with Crippen molar-refractivity contribution in [2.75, 3.05) is 0 Å². The van der Waals surface area contributed by atoms with E-state index in [-0.39, 0.29) is 11.3 Å². The fraction of sp³-hybridized carbons (Fsp3) is 0.125. The number of amides is 1. The molecule has 1 unspecified atom stereocenters. The second-order valence-corrected chi connectivity index (χ2v) is 6.89. The normalized spacial score (nSPS) is 12.3. The minimum atomic E-state index is -3.80. The number of sulfone groups is 1. The van der Waals surface area contributed by atoms with Gasteiger partial charge >= 0.3 is 0 Å². The van der Waals surface area contributed by atoms with Crippen molar-refractivity contribution in [3.63, 3.8) is 0 Å². The number of hydrogen-bond donors (Lipinski definition) is 1. The van der Waals surface area contributed by atoms with Crippen molar-refractivity contribution in [2.24, 2.45) is 5.73 Å². The molecule has 0 heterocycles. The zero-order valence-corrected chi connectivity index (χ0v) is 12.5. The molecule has 2 rings (SSSR count). The lowest BCUT2D eigenvalue weighted by atomic mass is 10.1. The van der Waals surface area contributed by atoms with E-state index in [0.717, 1.165) is 0 Å². The van der Waals surface area contributed by atoms with Crippen LogP contribution >= 0.6 is 0 Å². The summed E-state index contributed by atoms with van der Waals surface area (Å²) in [6.07, 6.45) is 0. The van der Waals surface area contributed by atoms with Crippen molar-refractivity contribution < 1.29 is 13.2 Å². The van der Waals surface area contributed by atoms with Crippen LogP contribution in [0.5, 0.6) is 0 Å². The first kappa shape index (κ1) is 15.7. The number of carbonyl (C=O) groups excluding carboxylic acids is 1. The maximum Gasteiger partial charge on any atom is 0.240 e. The lowest BCUT2D eigenvalue weighted by Crippen LogP contribution is -2.29. The van der Waals surface area contributed by atoms with Gasteiger partial charge in [0, 0.05) is 0 Å². The summed E-state index contributed by atoms with van der Waals surface area (Å²) in [5.41, 5.74) is 6.53. The Bertz CT molecular complexity index is 807. The number of hydrogen-bond acceptors (Lipinski definition) is 4. The topological polar surface area (TPSA) is 101 Å². The van der Waals surface area contributed by atoms with E-state index in [1.165, 1.54) is 24.3 Å². The van der Waals surface area contributed by atoms with Crippen LogP contribution in [0, 0.1) is 11.3 Å². The lowest BCUT2D eigenvalue weighted by molar-refractivity contribution is -0.117. The summed E-state index contributed by atoms with van der Waals surface area (Å²) in [5, 5.41) is 7.34. The first-order valence-electron chi connectivity index (χ1n) is 6.49. The van der Waals surface area contributed by atoms with Crippen LogP contribution < -0.4 is 5.73 Å². The summed E-state index contributed by atoms with van der Waals surface area (Å²) >= 11 is 0. The Morgan fingerprint density at radius 2 is 1.68 bits per heavy atom. The molecule has 1 atom stereocenters. The molecule has 0 saturated carbocycles. The van der Waals surface area contributed by atoms with Crippen LogP contribution in [0.4, 0.5) is 0 Å². The van der Waals surface area contributed by atoms with E-state index in [4.69, 9.17) is 11.0 Å². The van der Waals surface area contributed by atoms with E-state index in [2.05, 4.69) is 0 Å². The van der Waals surface area contributed by atoms with Crippen LogP contribution in [-0.2, 0) is 20.4 Å². The Balaban J connectivity index is 2.38. The van der Waals surface area contributed by atoms with Gasteiger partial charge in [0.15, 0.2) is 15.1 Å². The second kappa shape index (κ2) is 6.41. The zero-order valence-electron chi connectivity index (χ0n) is 11.6. The number of primary amides is 1. The maximum atomic E-state index is 12.5. The van der Waals surface area contributed by atoms with Crippen molar-refractivity contribution in [3.05, 3.63) is 71.3 Å². The standard InChI is InChI=1S/C16H14N2O3S/c17-10-12-6-8-14(9-7-12)15(16(18)19)22(20,21)11-13-4-2-1-3-5-13/h1-9,15H,11H2,(H2,18,19). The van der Waals surface area contributed by atoms with Gasteiger partial charge in [0.25, 0.3) is 0 Å². The molecule has 6 heteroatoms. The SMILES string of the molecule is N#Cc1ccc(C(C(N)=O)S(=O)(=O)Cc2ccccc2)cc1. The van der Waals surface area contributed by atoms with E-state index >= 15 is 0 Å². The Kier molecular flexibility index (Phi) is 4.59. The molecule has 0 aliphatic rings. The molecule has 112 valence electrons. The summed E-state index contributed by atoms with van der Waals surface area (Å²) in [5.74, 6) is -1.21. The quantitative estimate of drug-likeness (QED) is 0.907. The van der Waals surface area contributed by atoms with Gasteiger partial charge < -0.3 is 5.73 Å². The minimum Gasteiger partial charge on any atom is -0.368 e. The van der Waals surface area contributed by atoms with E-state index in [1.807, 2.05) is 6.07 Å². The third kappa shape index (κ3) is 3.51. The number of nitrogens with two attached hydrogens (primary N) is 1. The lowest BCUT2D eigenvalue weighted by Gasteiger charge is -2.15. The molecular weight excluding hydrogens is 300 g/mol. The van der Waals surface area contributed by atoms with Gasteiger partial charge in [0.1, 0.15) is 0 Å². The van der Waals surface area contributed by atoms with Crippen LogP contribution in [0.1, 0.15) is 21.9 Å². The van der Waals surface area contributed by atoms with E-state index in [9.17, 15) is 13.2 Å². The van der Waals surface area contributed by atoms with Gasteiger partial charge in [-0.05, 0) is 23.3 Å². The Morgan fingerprint density at radius 1 is 1.09 bits per heavy atom. The first-order valence-corrected chi connectivity index (χ1v) is 8.20. The Labute approximate surface area is 128 Å². The van der Waals surface area contributed by atoms with Crippen molar-refractivity contribution >= 4 is 15.7 Å². The summed E-state index contributed by atoms with van der Waals surface area (Å²) < 4.78 is 25.1. The second-order valence-electron chi connectivity index (χ2n) is 4.81. The molecule has 0 aliphatic heterocycles. The molecular formula is C16H14N2O3S. The summed E-state index contributed by atoms with van der Waals surface area (Å²) in [6, 6.07) is 16.3. The van der Waals surface area contributed by atoms with Gasteiger partial charge in [0.05, 0.1) is 17.4 Å². The number of carbonyl (C=O) groups is 1. The average molecular weight is 314 g/mol. The molecule has 1 amide bonds. The van der Waals surface area contributed by atoms with Gasteiger partial charge in [-0.1, -0.05) is 42.5 Å². The molecule has 0 fully saturated rings. The van der Waals surface area contributed by atoms with E-state index in [1.54, 1.807) is 30.3 Å². The largest absolute Gasteiger partial charge is 0.368 e. The fourth-order valence-corrected chi connectivity index (χ4v) is 3.92. The molecule has 0 aliphatic carbocycles. The van der Waals surface area contributed by atoms with Gasteiger partial charge in [0.2, 0.25) is 5.91 Å². The first-order chi connectivity index (χ1) is 10.4. The van der Waals surface area contributed by atoms with E-state index in [0.29, 0.717) is 11.1 Å². The monoisotopic (exact) mass is 314 g/mol. The molecule has 2 N–H and O–H groups in total. The van der Waals surface area contributed by atoms with Crippen molar-refractivity contribution in [1.82, 2.24) is 0 Å². The Morgan fingerprint density at radius 3 is 2.18 bits per heavy atom. The van der Waals surface area contributed by atoms with Gasteiger partial charge in [-0.25, -0.2) is 8.42 Å². The Hall–Kier alpha value is -2.65. The predicted molar refractivity (Wildman–Crippen MR) is 82.2 cm³/mol. The fourth-order valence-electron chi connectivity index (χ4n) is 2.17. The highest BCUT2D eigenvalue weighted by molar-refractivity contribution is 7.91. The molecule has 2 aromatic rings. The van der Waals surface area contributed by atoms with Crippen LogP contribution in [0.25, 0.3) is 0 Å². The highest BCUT2D eigenvalue weighted by Crippen LogP contribution is 2.26. The van der Waals surface area contributed by atoms with E-state index < -0.39 is 21.0 Å². The molecule has 22 heavy (non-hydrogen) atoms. The van der Waals surface area contributed by atoms with Gasteiger partial charge in [-0.2, -0.15) is 5.26 Å². The summed E-state index contributed by atoms with van der Waals surface area (Å²) in [7, 11) is -3.80. The number of nitriles is 1. The molecule has 2 aromatic carbocycles. The summed E-state index contributed by atoms with van der Waals surface area (Å²) in [4.78, 5) is 11.7. The van der Waals surface area contributed by atoms with Crippen LogP contribution in [0.15, 0.2) is 54.6 Å². The molecule has 0 bridgehead atoms. The minimum absolute atomic E-state index is 0.266. The number of nitrogens with zero attached hydrogens (tertiary/aromatic N) is 1. The molecule has 0 spiro atoms. The summed E-state index contributed by atoms with van der Waals surface area (Å²) in [6.45, 7) is 0. The van der Waals surface area contributed by atoms with Crippen molar-refractivity contribution in [3.8, 4) is 6.07 Å². The maximum absolute atomic E-state index is 12.5. The molecule has 0 aromatic heterocycles. The smallest absolute Gasteiger partial charge is 0.240 e. The van der Waals surface area contributed by atoms with Crippen LogP contribution in [0.3, 0.4) is 0 Å². The van der Waals surface area contributed by atoms with Crippen LogP contribution in [-0.4, -0.2) is 14.3 Å². The molecule has 0 saturated heterocycles. The van der Waals surface area contributed by atoms with Gasteiger partial charge in [-0.3, -0.25) is 4.79 Å². The molecule has 5 nitrogen and oxygen atoms in total. The predicted octanol–water partition coefficient (Wildman–Crippen LogP) is 1.70. The van der Waals surface area contributed by atoms with Crippen molar-refractivity contribution in [2.45, 2.75) is 11.0 Å².